The highest BCUT2D eigenvalue weighted by Crippen LogP contribution is 2.16. The zero-order valence-corrected chi connectivity index (χ0v) is 13.6. The number of carboxylic acid groups (broad SMARTS) is 1. The van der Waals surface area contributed by atoms with Crippen molar-refractivity contribution in [2.75, 3.05) is 6.61 Å². The van der Waals surface area contributed by atoms with Crippen LogP contribution in [0.15, 0.2) is 54.6 Å². The number of carboxylic acids is 1. The van der Waals surface area contributed by atoms with Crippen LogP contribution in [-0.4, -0.2) is 28.8 Å². The third-order valence-corrected chi connectivity index (χ3v) is 3.13. The van der Waals surface area contributed by atoms with E-state index in [2.05, 4.69) is 6.92 Å². The summed E-state index contributed by atoms with van der Waals surface area (Å²) in [6, 6.07) is 14.7. The molecular formula is C19H22O5. The Kier molecular flexibility index (Phi) is 8.68. The van der Waals surface area contributed by atoms with Gasteiger partial charge in [0.05, 0.1) is 12.2 Å². The van der Waals surface area contributed by atoms with Crippen LogP contribution in [0.1, 0.15) is 46.9 Å². The molecular weight excluding hydrogens is 308 g/mol. The Hall–Kier alpha value is -2.82. The molecule has 0 aliphatic carbocycles. The van der Waals surface area contributed by atoms with Gasteiger partial charge in [-0.15, -0.1) is 0 Å². The summed E-state index contributed by atoms with van der Waals surface area (Å²) in [5.74, 6) is -1.36. The first-order chi connectivity index (χ1) is 11.6. The number of unbranched alkanes of at least 4 members (excludes halogenated alkanes) is 2. The molecule has 0 radical (unpaired) electrons. The summed E-state index contributed by atoms with van der Waals surface area (Å²) in [6.45, 7) is 2.51. The van der Waals surface area contributed by atoms with Gasteiger partial charge in [0.2, 0.25) is 0 Å². The van der Waals surface area contributed by atoms with E-state index >= 15 is 0 Å². The van der Waals surface area contributed by atoms with Crippen molar-refractivity contribution in [2.24, 2.45) is 0 Å². The van der Waals surface area contributed by atoms with E-state index in [4.69, 9.17) is 9.84 Å². The van der Waals surface area contributed by atoms with Crippen LogP contribution in [0.5, 0.6) is 5.75 Å². The van der Waals surface area contributed by atoms with Gasteiger partial charge in [-0.1, -0.05) is 50.1 Å². The quantitative estimate of drug-likeness (QED) is 0.615. The van der Waals surface area contributed by atoms with Crippen molar-refractivity contribution in [1.29, 1.82) is 0 Å². The van der Waals surface area contributed by atoms with E-state index in [1.54, 1.807) is 48.5 Å². The maximum Gasteiger partial charge on any atom is 0.341 e. The maximum absolute atomic E-state index is 11.4. The van der Waals surface area contributed by atoms with Crippen molar-refractivity contribution >= 4 is 11.9 Å². The number of carbonyl (C=O) groups is 2. The summed E-state index contributed by atoms with van der Waals surface area (Å²) >= 11 is 0. The topological polar surface area (TPSA) is 83.8 Å². The first-order valence-corrected chi connectivity index (χ1v) is 7.79. The van der Waals surface area contributed by atoms with Gasteiger partial charge < -0.3 is 14.9 Å². The third kappa shape index (κ3) is 6.96. The van der Waals surface area contributed by atoms with Gasteiger partial charge in [-0.25, -0.2) is 9.59 Å². The number of rotatable bonds is 6. The van der Waals surface area contributed by atoms with Crippen molar-refractivity contribution in [3.05, 3.63) is 65.7 Å². The number of hydrogen-bond donors (Lipinski definition) is 2. The highest BCUT2D eigenvalue weighted by molar-refractivity contribution is 5.92. The number of aromatic carboxylic acids is 1. The van der Waals surface area contributed by atoms with E-state index in [1.807, 2.05) is 0 Å². The molecule has 0 aliphatic rings. The maximum atomic E-state index is 11.4. The lowest BCUT2D eigenvalue weighted by molar-refractivity contribution is 0.0494. The van der Waals surface area contributed by atoms with Gasteiger partial charge in [0.1, 0.15) is 11.3 Å². The molecule has 0 saturated carbocycles. The monoisotopic (exact) mass is 330 g/mol. The zero-order valence-electron chi connectivity index (χ0n) is 13.6. The molecule has 0 amide bonds. The van der Waals surface area contributed by atoms with Crippen LogP contribution in [0, 0.1) is 0 Å². The molecule has 2 aromatic rings. The summed E-state index contributed by atoms with van der Waals surface area (Å²) in [4.78, 5) is 21.6. The van der Waals surface area contributed by atoms with E-state index in [0.29, 0.717) is 12.2 Å². The fraction of sp³-hybridized carbons (Fsp3) is 0.263. The second-order valence-electron chi connectivity index (χ2n) is 5.03. The van der Waals surface area contributed by atoms with E-state index in [-0.39, 0.29) is 11.3 Å². The highest BCUT2D eigenvalue weighted by atomic mass is 16.5. The van der Waals surface area contributed by atoms with Crippen molar-refractivity contribution in [1.82, 2.24) is 0 Å². The van der Waals surface area contributed by atoms with Gasteiger partial charge in [0, 0.05) is 0 Å². The molecule has 2 aromatic carbocycles. The summed E-state index contributed by atoms with van der Waals surface area (Å²) in [7, 11) is 0. The van der Waals surface area contributed by atoms with Crippen molar-refractivity contribution in [3.63, 3.8) is 0 Å². The van der Waals surface area contributed by atoms with Gasteiger partial charge in [0.25, 0.3) is 0 Å². The molecule has 128 valence electrons. The van der Waals surface area contributed by atoms with Crippen LogP contribution < -0.4 is 0 Å². The molecule has 0 saturated heterocycles. The number of esters is 1. The van der Waals surface area contributed by atoms with Gasteiger partial charge in [-0.05, 0) is 30.7 Å². The number of benzene rings is 2. The smallest absolute Gasteiger partial charge is 0.341 e. The molecule has 0 aliphatic heterocycles. The average molecular weight is 330 g/mol. The van der Waals surface area contributed by atoms with Crippen molar-refractivity contribution < 1.29 is 24.5 Å². The fourth-order valence-electron chi connectivity index (χ4n) is 1.82. The minimum Gasteiger partial charge on any atom is -0.507 e. The van der Waals surface area contributed by atoms with Crippen LogP contribution in [0.4, 0.5) is 0 Å². The number of ether oxygens (including phenoxy) is 1. The molecule has 0 aromatic heterocycles. The number of hydrogen-bond acceptors (Lipinski definition) is 4. The third-order valence-electron chi connectivity index (χ3n) is 3.13. The second-order valence-corrected chi connectivity index (χ2v) is 5.03. The Bertz CT molecular complexity index is 637. The van der Waals surface area contributed by atoms with E-state index in [9.17, 15) is 14.7 Å². The molecule has 2 N–H and O–H groups in total. The first-order valence-electron chi connectivity index (χ1n) is 7.79. The van der Waals surface area contributed by atoms with Gasteiger partial charge in [-0.2, -0.15) is 0 Å². The Labute approximate surface area is 141 Å². The molecule has 5 heteroatoms. The molecule has 0 fully saturated rings. The van der Waals surface area contributed by atoms with Gasteiger partial charge in [0.15, 0.2) is 0 Å². The van der Waals surface area contributed by atoms with Crippen LogP contribution in [0.25, 0.3) is 0 Å². The summed E-state index contributed by atoms with van der Waals surface area (Å²) in [5, 5.41) is 17.8. The van der Waals surface area contributed by atoms with Gasteiger partial charge >= 0.3 is 11.9 Å². The summed E-state index contributed by atoms with van der Waals surface area (Å²) in [5.41, 5.74) is 0.562. The number of phenolic OH excluding ortho intramolecular Hbond substituents is 1. The minimum atomic E-state index is -0.879. The van der Waals surface area contributed by atoms with Crippen LogP contribution in [0.2, 0.25) is 0 Å². The average Bonchev–Trinajstić information content (AvgIpc) is 2.60. The lowest BCUT2D eigenvalue weighted by atomic mass is 10.2. The van der Waals surface area contributed by atoms with E-state index in [1.165, 1.54) is 6.07 Å². The van der Waals surface area contributed by atoms with E-state index in [0.717, 1.165) is 19.3 Å². The Morgan fingerprint density at radius 1 is 0.958 bits per heavy atom. The lowest BCUT2D eigenvalue weighted by Gasteiger charge is -2.05. The number of carbonyl (C=O) groups excluding carboxylic acids is 1. The van der Waals surface area contributed by atoms with Crippen molar-refractivity contribution in [2.45, 2.75) is 26.2 Å². The predicted octanol–water partition coefficient (Wildman–Crippen LogP) is 4.12. The largest absolute Gasteiger partial charge is 0.507 e. The Morgan fingerprint density at radius 2 is 1.58 bits per heavy atom. The predicted molar refractivity (Wildman–Crippen MR) is 91.3 cm³/mol. The fourth-order valence-corrected chi connectivity index (χ4v) is 1.82. The van der Waals surface area contributed by atoms with Crippen LogP contribution >= 0.6 is 0 Å². The number of aromatic hydroxyl groups is 1. The van der Waals surface area contributed by atoms with Crippen LogP contribution in [-0.2, 0) is 4.74 Å². The summed E-state index contributed by atoms with van der Waals surface area (Å²) < 4.78 is 5.01. The molecule has 24 heavy (non-hydrogen) atoms. The molecule has 0 heterocycles. The molecule has 0 atom stereocenters. The van der Waals surface area contributed by atoms with Gasteiger partial charge in [-0.3, -0.25) is 0 Å². The Morgan fingerprint density at radius 3 is 2.12 bits per heavy atom. The van der Waals surface area contributed by atoms with Crippen LogP contribution in [0.3, 0.4) is 0 Å². The molecule has 2 rings (SSSR count). The van der Waals surface area contributed by atoms with Crippen molar-refractivity contribution in [3.8, 4) is 5.75 Å². The molecule has 5 nitrogen and oxygen atoms in total. The summed E-state index contributed by atoms with van der Waals surface area (Å²) in [6.07, 6.45) is 3.01. The molecule has 0 spiro atoms. The Balaban J connectivity index is 0.000000272. The first kappa shape index (κ1) is 19.2. The SMILES string of the molecule is CCCCCOC(=O)c1ccccc1O.O=C(O)c1ccccc1. The number of phenols is 1. The number of para-hydroxylation sites is 1. The minimum absolute atomic E-state index is 0.0296. The van der Waals surface area contributed by atoms with E-state index < -0.39 is 11.9 Å². The molecule has 0 bridgehead atoms. The standard InChI is InChI=1S/C12H16O3.C7H6O2/c1-2-3-6-9-15-12(14)10-7-4-5-8-11(10)13;8-7(9)6-4-2-1-3-5-6/h4-5,7-8,13H,2-3,6,9H2,1H3;1-5H,(H,8,9). The normalized spacial score (nSPS) is 9.54. The zero-order chi connectivity index (χ0) is 17.8. The highest BCUT2D eigenvalue weighted by Gasteiger charge is 2.10. The second kappa shape index (κ2) is 10.8. The molecule has 0 unspecified atom stereocenters. The lowest BCUT2D eigenvalue weighted by Crippen LogP contribution is -2.06.